The van der Waals surface area contributed by atoms with E-state index in [1.54, 1.807) is 12.1 Å². The SMILES string of the molecule is COc1cc2ncn(CC(=O)N3C[C@]4(C)C[C@@H]3CC(C)(C)C4)c(=O)c2cc1OC. The number of benzene rings is 1. The van der Waals surface area contributed by atoms with Gasteiger partial charge in [-0.2, -0.15) is 0 Å². The van der Waals surface area contributed by atoms with Gasteiger partial charge in [0.1, 0.15) is 6.54 Å². The molecule has 7 heteroatoms. The van der Waals surface area contributed by atoms with E-state index in [-0.39, 0.29) is 34.9 Å². The summed E-state index contributed by atoms with van der Waals surface area (Å²) in [6.45, 7) is 7.61. The molecule has 29 heavy (non-hydrogen) atoms. The van der Waals surface area contributed by atoms with E-state index in [1.165, 1.54) is 25.1 Å². The van der Waals surface area contributed by atoms with Crippen molar-refractivity contribution in [3.05, 3.63) is 28.8 Å². The zero-order chi connectivity index (χ0) is 21.0. The molecule has 0 radical (unpaired) electrons. The monoisotopic (exact) mass is 399 g/mol. The number of methoxy groups -OCH3 is 2. The maximum absolute atomic E-state index is 13.1. The number of fused-ring (bicyclic) bond motifs is 3. The highest BCUT2D eigenvalue weighted by molar-refractivity contribution is 5.82. The molecule has 1 saturated heterocycles. The van der Waals surface area contributed by atoms with Gasteiger partial charge >= 0.3 is 0 Å². The molecule has 7 nitrogen and oxygen atoms in total. The van der Waals surface area contributed by atoms with E-state index in [0.717, 1.165) is 25.8 Å². The molecule has 2 fully saturated rings. The van der Waals surface area contributed by atoms with Crippen LogP contribution >= 0.6 is 0 Å². The quantitative estimate of drug-likeness (QED) is 0.790. The van der Waals surface area contributed by atoms with E-state index < -0.39 is 0 Å². The van der Waals surface area contributed by atoms with Gasteiger partial charge in [0.05, 0.1) is 31.4 Å². The Morgan fingerprint density at radius 3 is 2.55 bits per heavy atom. The Morgan fingerprint density at radius 1 is 1.17 bits per heavy atom. The largest absolute Gasteiger partial charge is 0.493 e. The molecule has 2 aromatic rings. The van der Waals surface area contributed by atoms with Crippen LogP contribution in [0.1, 0.15) is 40.0 Å². The molecule has 2 heterocycles. The highest BCUT2D eigenvalue weighted by atomic mass is 16.5. The Labute approximate surface area is 170 Å². The predicted molar refractivity (Wildman–Crippen MR) is 110 cm³/mol. The average Bonchev–Trinajstić information content (AvgIpc) is 2.91. The number of amides is 1. The van der Waals surface area contributed by atoms with E-state index in [9.17, 15) is 9.59 Å². The summed E-state index contributed by atoms with van der Waals surface area (Å²) in [7, 11) is 3.06. The van der Waals surface area contributed by atoms with Crippen LogP contribution in [-0.2, 0) is 11.3 Å². The van der Waals surface area contributed by atoms with Crippen molar-refractivity contribution in [2.24, 2.45) is 10.8 Å². The van der Waals surface area contributed by atoms with Crippen LogP contribution < -0.4 is 15.0 Å². The zero-order valence-electron chi connectivity index (χ0n) is 17.8. The lowest BCUT2D eigenvalue weighted by molar-refractivity contribution is -0.133. The molecule has 1 aliphatic heterocycles. The van der Waals surface area contributed by atoms with Gasteiger partial charge in [0.25, 0.3) is 5.56 Å². The first-order valence-electron chi connectivity index (χ1n) is 10.1. The lowest BCUT2D eigenvalue weighted by Crippen LogP contribution is -2.40. The van der Waals surface area contributed by atoms with E-state index >= 15 is 0 Å². The lowest BCUT2D eigenvalue weighted by atomic mass is 9.65. The Hall–Kier alpha value is -2.57. The van der Waals surface area contributed by atoms with E-state index in [1.807, 2.05) is 4.90 Å². The second-order valence-corrected chi connectivity index (χ2v) is 9.64. The Morgan fingerprint density at radius 2 is 1.86 bits per heavy atom. The van der Waals surface area contributed by atoms with Crippen molar-refractivity contribution in [2.45, 2.75) is 52.6 Å². The van der Waals surface area contributed by atoms with Crippen molar-refractivity contribution in [2.75, 3.05) is 20.8 Å². The highest BCUT2D eigenvalue weighted by Gasteiger charge is 2.50. The highest BCUT2D eigenvalue weighted by Crippen LogP contribution is 2.52. The van der Waals surface area contributed by atoms with Crippen LogP contribution in [0.2, 0.25) is 0 Å². The molecule has 1 aliphatic carbocycles. The number of rotatable bonds is 4. The number of carbonyl (C=O) groups excluding carboxylic acids is 1. The van der Waals surface area contributed by atoms with Gasteiger partial charge in [0.2, 0.25) is 5.91 Å². The molecule has 0 spiro atoms. The minimum absolute atomic E-state index is 0.00310. The number of carbonyl (C=O) groups is 1. The Bertz CT molecular complexity index is 1030. The zero-order valence-corrected chi connectivity index (χ0v) is 17.8. The van der Waals surface area contributed by atoms with Gasteiger partial charge in [-0.1, -0.05) is 20.8 Å². The summed E-state index contributed by atoms with van der Waals surface area (Å²) < 4.78 is 12.0. The number of likely N-dealkylation sites (tertiary alicyclic amines) is 1. The molecule has 4 rings (SSSR count). The van der Waals surface area contributed by atoms with Crippen LogP contribution in [-0.4, -0.2) is 47.2 Å². The number of nitrogens with zero attached hydrogens (tertiary/aromatic N) is 3. The van der Waals surface area contributed by atoms with Gasteiger partial charge in [-0.3, -0.25) is 14.2 Å². The Kier molecular flexibility index (Phi) is 4.59. The third-order valence-corrected chi connectivity index (χ3v) is 6.37. The minimum atomic E-state index is -0.252. The van der Waals surface area contributed by atoms with Gasteiger partial charge in [-0.05, 0) is 36.2 Å². The standard InChI is InChI=1S/C22H29N3O4/c1-21(2)8-14-9-22(3,11-21)12-25(14)19(26)10-24-13-23-16-7-18(29-5)17(28-4)6-15(16)20(24)27/h6-7,13-14H,8-12H2,1-5H3/t14-,22+/m0/s1. The molecule has 0 N–H and O–H groups in total. The van der Waals surface area contributed by atoms with Crippen molar-refractivity contribution >= 4 is 16.8 Å². The van der Waals surface area contributed by atoms with Gasteiger partial charge in [0, 0.05) is 18.7 Å². The molecular formula is C22H29N3O4. The first-order valence-corrected chi connectivity index (χ1v) is 10.1. The van der Waals surface area contributed by atoms with Crippen LogP contribution in [0.4, 0.5) is 0 Å². The summed E-state index contributed by atoms with van der Waals surface area (Å²) in [5.74, 6) is 0.965. The van der Waals surface area contributed by atoms with Gasteiger partial charge in [-0.15, -0.1) is 0 Å². The van der Waals surface area contributed by atoms with E-state index in [2.05, 4.69) is 25.8 Å². The molecule has 2 aliphatic rings. The van der Waals surface area contributed by atoms with E-state index in [0.29, 0.717) is 22.4 Å². The third kappa shape index (κ3) is 3.47. The second-order valence-electron chi connectivity index (χ2n) is 9.64. The molecule has 2 bridgehead atoms. The topological polar surface area (TPSA) is 73.7 Å². The number of hydrogen-bond donors (Lipinski definition) is 0. The number of hydrogen-bond acceptors (Lipinski definition) is 5. The van der Waals surface area contributed by atoms with Gasteiger partial charge in [-0.25, -0.2) is 4.98 Å². The summed E-state index contributed by atoms with van der Waals surface area (Å²) in [5.41, 5.74) is 0.669. The van der Waals surface area contributed by atoms with Crippen LogP contribution in [0.15, 0.2) is 23.3 Å². The van der Waals surface area contributed by atoms with Crippen LogP contribution in [0.25, 0.3) is 10.9 Å². The van der Waals surface area contributed by atoms with Crippen molar-refractivity contribution < 1.29 is 14.3 Å². The van der Waals surface area contributed by atoms with Crippen molar-refractivity contribution in [1.82, 2.24) is 14.5 Å². The van der Waals surface area contributed by atoms with Crippen LogP contribution in [0, 0.1) is 10.8 Å². The fraction of sp³-hybridized carbons (Fsp3) is 0.591. The smallest absolute Gasteiger partial charge is 0.261 e. The average molecular weight is 399 g/mol. The normalized spacial score (nSPS) is 25.3. The minimum Gasteiger partial charge on any atom is -0.493 e. The van der Waals surface area contributed by atoms with Crippen molar-refractivity contribution in [3.8, 4) is 11.5 Å². The van der Waals surface area contributed by atoms with Gasteiger partial charge < -0.3 is 14.4 Å². The summed E-state index contributed by atoms with van der Waals surface area (Å²) in [6, 6.07) is 3.55. The molecule has 0 unspecified atom stereocenters. The summed E-state index contributed by atoms with van der Waals surface area (Å²) in [6.07, 6.45) is 4.63. The fourth-order valence-corrected chi connectivity index (χ4v) is 5.59. The predicted octanol–water partition coefficient (Wildman–Crippen LogP) is 2.84. The number of aromatic nitrogens is 2. The van der Waals surface area contributed by atoms with Crippen LogP contribution in [0.3, 0.4) is 0 Å². The molecular weight excluding hydrogens is 370 g/mol. The fourth-order valence-electron chi connectivity index (χ4n) is 5.59. The molecule has 2 atom stereocenters. The molecule has 1 aromatic carbocycles. The first-order chi connectivity index (χ1) is 13.6. The summed E-state index contributed by atoms with van der Waals surface area (Å²) in [4.78, 5) is 32.5. The molecule has 156 valence electrons. The Balaban J connectivity index is 1.62. The summed E-state index contributed by atoms with van der Waals surface area (Å²) >= 11 is 0. The summed E-state index contributed by atoms with van der Waals surface area (Å²) in [5, 5.41) is 0.409. The van der Waals surface area contributed by atoms with Crippen LogP contribution in [0.5, 0.6) is 11.5 Å². The molecule has 1 amide bonds. The second kappa shape index (κ2) is 6.75. The molecule has 1 aromatic heterocycles. The van der Waals surface area contributed by atoms with E-state index in [4.69, 9.17) is 9.47 Å². The van der Waals surface area contributed by atoms with Gasteiger partial charge in [0.15, 0.2) is 11.5 Å². The maximum Gasteiger partial charge on any atom is 0.261 e. The lowest BCUT2D eigenvalue weighted by Gasteiger charge is -2.39. The third-order valence-electron chi connectivity index (χ3n) is 6.37. The number of ether oxygens (including phenoxy) is 2. The maximum atomic E-state index is 13.1. The molecule has 1 saturated carbocycles. The first kappa shape index (κ1) is 19.7. The van der Waals surface area contributed by atoms with Crippen molar-refractivity contribution in [1.29, 1.82) is 0 Å². The van der Waals surface area contributed by atoms with Crippen molar-refractivity contribution in [3.63, 3.8) is 0 Å².